The Morgan fingerprint density at radius 2 is 1.16 bits per heavy atom. The Labute approximate surface area is 286 Å². The maximum atomic E-state index is 16.7. The minimum atomic E-state index is -4.26. The number of benzene rings is 6. The summed E-state index contributed by atoms with van der Waals surface area (Å²) in [6, 6.07) is 49.0. The van der Waals surface area contributed by atoms with E-state index in [-0.39, 0.29) is 28.4 Å². The summed E-state index contributed by atoms with van der Waals surface area (Å²) in [5.41, 5.74) is -1.88. The van der Waals surface area contributed by atoms with Crippen LogP contribution in [0.15, 0.2) is 169 Å². The van der Waals surface area contributed by atoms with Crippen LogP contribution < -0.4 is 25.3 Å². The molecule has 0 N–H and O–H groups in total. The molecular weight excluding hydrogens is 651 g/mol. The van der Waals surface area contributed by atoms with E-state index >= 15 is 5.11 Å². The molecule has 0 spiro atoms. The van der Waals surface area contributed by atoms with E-state index in [4.69, 9.17) is 0 Å². The van der Waals surface area contributed by atoms with Gasteiger partial charge in [-0.2, -0.15) is 0 Å². The highest BCUT2D eigenvalue weighted by molar-refractivity contribution is 7.96. The van der Waals surface area contributed by atoms with Crippen LogP contribution in [-0.4, -0.2) is 25.5 Å². The molecule has 49 heavy (non-hydrogen) atoms. The molecular formula is C40H33N2O5PS. The van der Waals surface area contributed by atoms with Crippen molar-refractivity contribution < 1.29 is 18.4 Å². The standard InChI is InChI=1S/C40H33N2O5PS/c1-30-22-25-36(26-23-30)49(46,47)41-29-39(40(43,31-14-6-2-7-15-31)37-28-32(42(44)45)24-27-38(37)41)48(33-16-8-3-9-17-33,34-18-10-4-11-19-34)35-20-12-5-13-21-35/h2-28,39H,29H2,1H3. The second-order valence-electron chi connectivity index (χ2n) is 12.2. The number of hydrogen-bond donors (Lipinski definition) is 0. The number of nitrogens with zero attached hydrogens (tertiary/aromatic N) is 2. The van der Waals surface area contributed by atoms with Gasteiger partial charge in [0, 0.05) is 12.1 Å². The van der Waals surface area contributed by atoms with E-state index < -0.39 is 33.5 Å². The molecule has 0 amide bonds. The summed E-state index contributed by atoms with van der Waals surface area (Å²) in [7, 11) is -7.36. The maximum absolute atomic E-state index is 16.7. The number of anilines is 1. The maximum Gasteiger partial charge on any atom is 0.269 e. The van der Waals surface area contributed by atoms with Crippen molar-refractivity contribution in [1.29, 1.82) is 0 Å². The van der Waals surface area contributed by atoms with Gasteiger partial charge in [0.25, 0.3) is 15.7 Å². The Kier molecular flexibility index (Phi) is 8.41. The lowest BCUT2D eigenvalue weighted by molar-refractivity contribution is -0.471. The molecule has 244 valence electrons. The van der Waals surface area contributed by atoms with Gasteiger partial charge in [0.2, 0.25) is 0 Å². The van der Waals surface area contributed by atoms with E-state index in [2.05, 4.69) is 0 Å². The molecule has 2 unspecified atom stereocenters. The molecule has 0 radical (unpaired) electrons. The molecule has 6 aromatic rings. The van der Waals surface area contributed by atoms with Crippen LogP contribution in [0.1, 0.15) is 16.7 Å². The second kappa shape index (κ2) is 12.7. The fourth-order valence-corrected chi connectivity index (χ4v) is 13.9. The number of sulfonamides is 1. The Balaban J connectivity index is 1.65. The number of hydrogen-bond acceptors (Lipinski definition) is 5. The second-order valence-corrected chi connectivity index (χ2v) is 17.6. The SMILES string of the molecule is Cc1ccc(S(=O)(=O)N2CC([P+](c3ccccc3)(c3ccccc3)c3ccccc3)C([O-])(c3ccccc3)c3cc([N+](=O)[O-])ccc32)cc1. The molecule has 0 aromatic heterocycles. The van der Waals surface area contributed by atoms with Gasteiger partial charge in [-0.1, -0.05) is 103 Å². The van der Waals surface area contributed by atoms with Gasteiger partial charge in [-0.3, -0.25) is 14.4 Å². The van der Waals surface area contributed by atoms with Gasteiger partial charge in [0.15, 0.2) is 0 Å². The number of rotatable bonds is 8. The average molecular weight is 685 g/mol. The number of non-ortho nitro benzene ring substituents is 1. The smallest absolute Gasteiger partial charge is 0.269 e. The summed E-state index contributed by atoms with van der Waals surface area (Å²) in [5.74, 6) is 0. The Hall–Kier alpha value is -5.14. The van der Waals surface area contributed by atoms with Crippen molar-refractivity contribution >= 4 is 44.6 Å². The molecule has 1 heterocycles. The number of fused-ring (bicyclic) bond motifs is 1. The zero-order valence-corrected chi connectivity index (χ0v) is 28.4. The van der Waals surface area contributed by atoms with Gasteiger partial charge in [-0.25, -0.2) is 8.42 Å². The van der Waals surface area contributed by atoms with Crippen molar-refractivity contribution in [1.82, 2.24) is 0 Å². The monoisotopic (exact) mass is 684 g/mol. The van der Waals surface area contributed by atoms with E-state index in [0.29, 0.717) is 5.56 Å². The topological polar surface area (TPSA) is 104 Å². The zero-order chi connectivity index (χ0) is 34.2. The van der Waals surface area contributed by atoms with Crippen LogP contribution in [0.2, 0.25) is 0 Å². The highest BCUT2D eigenvalue weighted by Crippen LogP contribution is 2.67. The van der Waals surface area contributed by atoms with Crippen molar-refractivity contribution in [3.63, 3.8) is 0 Å². The third kappa shape index (κ3) is 5.33. The van der Waals surface area contributed by atoms with Crippen molar-refractivity contribution in [2.45, 2.75) is 23.1 Å². The molecule has 1 aliphatic rings. The Morgan fingerprint density at radius 3 is 1.63 bits per heavy atom. The minimum Gasteiger partial charge on any atom is -0.840 e. The molecule has 0 saturated carbocycles. The van der Waals surface area contributed by atoms with Gasteiger partial charge < -0.3 is 5.11 Å². The van der Waals surface area contributed by atoms with Crippen LogP contribution in [0, 0.1) is 17.0 Å². The molecule has 2 atom stereocenters. The van der Waals surface area contributed by atoms with Crippen LogP contribution in [0.3, 0.4) is 0 Å². The van der Waals surface area contributed by atoms with Crippen molar-refractivity contribution in [2.75, 3.05) is 10.8 Å². The first-order valence-electron chi connectivity index (χ1n) is 15.9. The highest BCUT2D eigenvalue weighted by Gasteiger charge is 2.61. The molecule has 0 fully saturated rings. The molecule has 0 aliphatic carbocycles. The molecule has 0 bridgehead atoms. The minimum absolute atomic E-state index is 0.0482. The average Bonchev–Trinajstić information content (AvgIpc) is 3.14. The predicted octanol–water partition coefficient (Wildman–Crippen LogP) is 6.08. The largest absolute Gasteiger partial charge is 0.840 e. The van der Waals surface area contributed by atoms with Gasteiger partial charge in [-0.05, 0) is 78.2 Å². The van der Waals surface area contributed by atoms with E-state index in [1.807, 2.05) is 104 Å². The third-order valence-electron chi connectivity index (χ3n) is 9.44. The predicted molar refractivity (Wildman–Crippen MR) is 195 cm³/mol. The molecule has 7 nitrogen and oxygen atoms in total. The van der Waals surface area contributed by atoms with E-state index in [1.54, 1.807) is 48.5 Å². The summed E-state index contributed by atoms with van der Waals surface area (Å²) in [6.45, 7) is 1.71. The van der Waals surface area contributed by atoms with E-state index in [1.165, 1.54) is 22.5 Å². The molecule has 9 heteroatoms. The number of aryl methyl sites for hydroxylation is 1. The summed E-state index contributed by atoms with van der Waals surface area (Å²) in [5, 5.41) is 31.6. The van der Waals surface area contributed by atoms with Crippen LogP contribution >= 0.6 is 7.26 Å². The summed E-state index contributed by atoms with van der Waals surface area (Å²) >= 11 is 0. The summed E-state index contributed by atoms with van der Waals surface area (Å²) in [4.78, 5) is 11.8. The molecule has 0 saturated heterocycles. The van der Waals surface area contributed by atoms with E-state index in [9.17, 15) is 18.5 Å². The zero-order valence-electron chi connectivity index (χ0n) is 26.7. The van der Waals surface area contributed by atoms with Crippen molar-refractivity contribution in [3.05, 3.63) is 191 Å². The summed E-state index contributed by atoms with van der Waals surface area (Å²) in [6.07, 6.45) is 0. The molecule has 6 aromatic carbocycles. The number of nitro groups is 1. The van der Waals surface area contributed by atoms with Gasteiger partial charge in [0.05, 0.1) is 22.1 Å². The van der Waals surface area contributed by atoms with Crippen LogP contribution in [0.25, 0.3) is 0 Å². The fraction of sp³-hybridized carbons (Fsp3) is 0.100. The van der Waals surface area contributed by atoms with Gasteiger partial charge in [-0.15, -0.1) is 0 Å². The van der Waals surface area contributed by atoms with Gasteiger partial charge in [0.1, 0.15) is 28.8 Å². The first-order valence-corrected chi connectivity index (χ1v) is 19.2. The van der Waals surface area contributed by atoms with Crippen molar-refractivity contribution in [3.8, 4) is 0 Å². The summed E-state index contributed by atoms with van der Waals surface area (Å²) < 4.78 is 30.9. The van der Waals surface area contributed by atoms with Crippen molar-refractivity contribution in [2.24, 2.45) is 0 Å². The lowest BCUT2D eigenvalue weighted by atomic mass is 9.80. The van der Waals surface area contributed by atoms with Crippen LogP contribution in [0.4, 0.5) is 11.4 Å². The fourth-order valence-electron chi connectivity index (χ4n) is 7.19. The third-order valence-corrected chi connectivity index (χ3v) is 16.0. The Morgan fingerprint density at radius 1 is 0.694 bits per heavy atom. The van der Waals surface area contributed by atoms with Gasteiger partial charge >= 0.3 is 0 Å². The highest BCUT2D eigenvalue weighted by atomic mass is 32.2. The lowest BCUT2D eigenvalue weighted by Gasteiger charge is -2.56. The van der Waals surface area contributed by atoms with E-state index in [0.717, 1.165) is 21.5 Å². The quantitative estimate of drug-likeness (QED) is 0.110. The first kappa shape index (κ1) is 32.4. The van der Waals surface area contributed by atoms with Crippen LogP contribution in [0.5, 0.6) is 0 Å². The van der Waals surface area contributed by atoms with Crippen LogP contribution in [-0.2, 0) is 15.6 Å². The first-order chi connectivity index (χ1) is 23.7. The Bertz CT molecular complexity index is 2120. The lowest BCUT2D eigenvalue weighted by Crippen LogP contribution is -2.64. The normalized spacial score (nSPS) is 17.7. The number of nitro benzene ring substituents is 1. The molecule has 1 aliphatic heterocycles. The molecule has 7 rings (SSSR count).